The van der Waals surface area contributed by atoms with Gasteiger partial charge in [0.15, 0.2) is 5.69 Å². The monoisotopic (exact) mass is 361 g/mol. The van der Waals surface area contributed by atoms with Gasteiger partial charge in [-0.2, -0.15) is 4.98 Å². The van der Waals surface area contributed by atoms with Gasteiger partial charge in [0.05, 0.1) is 12.3 Å². The zero-order valence-corrected chi connectivity index (χ0v) is 15.4. The molecule has 0 aliphatic rings. The van der Waals surface area contributed by atoms with Gasteiger partial charge in [0.25, 0.3) is 5.89 Å². The molecule has 0 saturated heterocycles. The van der Waals surface area contributed by atoms with Crippen LogP contribution in [0.4, 0.5) is 0 Å². The first-order valence-electron chi connectivity index (χ1n) is 8.73. The highest BCUT2D eigenvalue weighted by Gasteiger charge is 2.20. The van der Waals surface area contributed by atoms with Gasteiger partial charge in [0.1, 0.15) is 11.4 Å². The summed E-state index contributed by atoms with van der Waals surface area (Å²) in [5.41, 5.74) is 4.17. The molecule has 2 heterocycles. The van der Waals surface area contributed by atoms with Crippen molar-refractivity contribution in [1.82, 2.24) is 25.1 Å². The van der Waals surface area contributed by atoms with Gasteiger partial charge in [-0.3, -0.25) is 0 Å². The highest BCUT2D eigenvalue weighted by Crippen LogP contribution is 2.28. The fourth-order valence-electron chi connectivity index (χ4n) is 2.92. The van der Waals surface area contributed by atoms with Gasteiger partial charge < -0.3 is 9.26 Å². The normalized spacial score (nSPS) is 10.9. The molecule has 0 unspecified atom stereocenters. The summed E-state index contributed by atoms with van der Waals surface area (Å²) in [6, 6.07) is 15.6. The first-order chi connectivity index (χ1) is 13.2. The largest absolute Gasteiger partial charge is 0.492 e. The number of hydrogen-bond donors (Lipinski definition) is 0. The Bertz CT molecular complexity index is 1080. The molecule has 0 aliphatic heterocycles. The summed E-state index contributed by atoms with van der Waals surface area (Å²) in [4.78, 5) is 4.51. The van der Waals surface area contributed by atoms with Crippen molar-refractivity contribution >= 4 is 0 Å². The van der Waals surface area contributed by atoms with E-state index < -0.39 is 0 Å². The molecular formula is C20H19N5O2. The van der Waals surface area contributed by atoms with Crippen LogP contribution in [0.2, 0.25) is 0 Å². The van der Waals surface area contributed by atoms with Crippen LogP contribution in [0.3, 0.4) is 0 Å². The van der Waals surface area contributed by atoms with Crippen LogP contribution in [0.1, 0.15) is 18.2 Å². The van der Waals surface area contributed by atoms with Crippen LogP contribution >= 0.6 is 0 Å². The predicted octanol–water partition coefficient (Wildman–Crippen LogP) is 4.00. The quantitative estimate of drug-likeness (QED) is 0.535. The Labute approximate surface area is 156 Å². The summed E-state index contributed by atoms with van der Waals surface area (Å²) in [6.45, 7) is 6.44. The van der Waals surface area contributed by atoms with E-state index in [1.165, 1.54) is 0 Å². The van der Waals surface area contributed by atoms with Crippen molar-refractivity contribution < 1.29 is 9.26 Å². The molecule has 0 spiro atoms. The molecular weight excluding hydrogens is 342 g/mol. The van der Waals surface area contributed by atoms with Crippen molar-refractivity contribution in [1.29, 1.82) is 0 Å². The molecule has 27 heavy (non-hydrogen) atoms. The van der Waals surface area contributed by atoms with E-state index >= 15 is 0 Å². The van der Waals surface area contributed by atoms with Crippen molar-refractivity contribution in [2.75, 3.05) is 6.61 Å². The number of ether oxygens (including phenoxy) is 1. The molecule has 0 amide bonds. The molecule has 2 aromatic carbocycles. The lowest BCUT2D eigenvalue weighted by atomic mass is 10.1. The number of rotatable bonds is 5. The molecule has 136 valence electrons. The van der Waals surface area contributed by atoms with Crippen LogP contribution in [0, 0.1) is 13.8 Å². The van der Waals surface area contributed by atoms with Crippen molar-refractivity contribution in [2.24, 2.45) is 0 Å². The van der Waals surface area contributed by atoms with E-state index in [0.29, 0.717) is 24.0 Å². The first-order valence-corrected chi connectivity index (χ1v) is 8.73. The zero-order valence-electron chi connectivity index (χ0n) is 15.4. The molecule has 7 nitrogen and oxygen atoms in total. The van der Waals surface area contributed by atoms with Crippen molar-refractivity contribution in [3.8, 4) is 34.4 Å². The maximum Gasteiger partial charge on any atom is 0.280 e. The van der Waals surface area contributed by atoms with Crippen LogP contribution < -0.4 is 4.74 Å². The Morgan fingerprint density at radius 3 is 2.63 bits per heavy atom. The molecule has 7 heteroatoms. The van der Waals surface area contributed by atoms with E-state index in [-0.39, 0.29) is 0 Å². The van der Waals surface area contributed by atoms with E-state index in [4.69, 9.17) is 9.26 Å². The predicted molar refractivity (Wildman–Crippen MR) is 101 cm³/mol. The average Bonchev–Trinajstić information content (AvgIpc) is 3.30. The minimum absolute atomic E-state index is 0.339. The summed E-state index contributed by atoms with van der Waals surface area (Å²) in [6.07, 6.45) is 0. The van der Waals surface area contributed by atoms with Crippen LogP contribution in [-0.2, 0) is 0 Å². The number of hydrogen-bond acceptors (Lipinski definition) is 6. The molecule has 0 N–H and O–H groups in total. The summed E-state index contributed by atoms with van der Waals surface area (Å²) >= 11 is 0. The highest BCUT2D eigenvalue weighted by atomic mass is 16.5. The zero-order chi connectivity index (χ0) is 18.8. The summed E-state index contributed by atoms with van der Waals surface area (Å²) in [5, 5.41) is 12.6. The van der Waals surface area contributed by atoms with E-state index in [2.05, 4.69) is 20.5 Å². The van der Waals surface area contributed by atoms with Crippen molar-refractivity contribution in [3.63, 3.8) is 0 Å². The molecule has 0 fully saturated rings. The van der Waals surface area contributed by atoms with Crippen LogP contribution in [0.15, 0.2) is 53.1 Å². The Kier molecular flexibility index (Phi) is 4.42. The van der Waals surface area contributed by atoms with Crippen LogP contribution in [0.5, 0.6) is 5.75 Å². The second kappa shape index (κ2) is 7.03. The third-order valence-electron chi connectivity index (χ3n) is 4.30. The Morgan fingerprint density at radius 2 is 1.81 bits per heavy atom. The number of aryl methyl sites for hydroxylation is 1. The summed E-state index contributed by atoms with van der Waals surface area (Å²) < 4.78 is 12.9. The van der Waals surface area contributed by atoms with Gasteiger partial charge in [-0.05, 0) is 38.5 Å². The molecule has 2 aromatic heterocycles. The molecule has 0 atom stereocenters. The van der Waals surface area contributed by atoms with Crippen LogP contribution in [0.25, 0.3) is 28.7 Å². The van der Waals surface area contributed by atoms with Gasteiger partial charge in [-0.1, -0.05) is 46.8 Å². The Hall–Kier alpha value is -3.48. The molecule has 4 aromatic rings. The SMILES string of the molecule is CCOc1ccccc1-n1nnc(-c2nc(-c3ccccc3C)no2)c1C. The average molecular weight is 361 g/mol. The molecule has 0 saturated carbocycles. The molecule has 0 aliphatic carbocycles. The van der Waals surface area contributed by atoms with E-state index in [1.807, 2.05) is 69.3 Å². The third-order valence-corrected chi connectivity index (χ3v) is 4.30. The lowest BCUT2D eigenvalue weighted by Gasteiger charge is -2.10. The second-order valence-electron chi connectivity index (χ2n) is 6.07. The van der Waals surface area contributed by atoms with Gasteiger partial charge in [0, 0.05) is 5.56 Å². The lowest BCUT2D eigenvalue weighted by Crippen LogP contribution is -2.03. The highest BCUT2D eigenvalue weighted by molar-refractivity contribution is 5.62. The van der Waals surface area contributed by atoms with Gasteiger partial charge in [0.2, 0.25) is 5.82 Å². The molecule has 0 radical (unpaired) electrons. The van der Waals surface area contributed by atoms with E-state index in [1.54, 1.807) is 4.68 Å². The topological polar surface area (TPSA) is 78.9 Å². The minimum Gasteiger partial charge on any atom is -0.492 e. The molecule has 4 rings (SSSR count). The second-order valence-corrected chi connectivity index (χ2v) is 6.07. The number of benzene rings is 2. The fraction of sp³-hybridized carbons (Fsp3) is 0.200. The van der Waals surface area contributed by atoms with Gasteiger partial charge >= 0.3 is 0 Å². The third kappa shape index (κ3) is 3.08. The van der Waals surface area contributed by atoms with Crippen molar-refractivity contribution in [2.45, 2.75) is 20.8 Å². The summed E-state index contributed by atoms with van der Waals surface area (Å²) in [5.74, 6) is 1.61. The number of nitrogens with zero attached hydrogens (tertiary/aromatic N) is 5. The van der Waals surface area contributed by atoms with E-state index in [9.17, 15) is 0 Å². The molecule has 0 bridgehead atoms. The maximum absolute atomic E-state index is 5.70. The standard InChI is InChI=1S/C20H19N5O2/c1-4-26-17-12-8-7-11-16(17)25-14(3)18(22-24-25)20-21-19(23-27-20)15-10-6-5-9-13(15)2/h5-12H,4H2,1-3H3. The summed E-state index contributed by atoms with van der Waals surface area (Å²) in [7, 11) is 0. The Morgan fingerprint density at radius 1 is 1.04 bits per heavy atom. The van der Waals surface area contributed by atoms with Crippen molar-refractivity contribution in [3.05, 3.63) is 59.8 Å². The lowest BCUT2D eigenvalue weighted by molar-refractivity contribution is 0.338. The maximum atomic E-state index is 5.70. The smallest absolute Gasteiger partial charge is 0.280 e. The minimum atomic E-state index is 0.339. The number of para-hydroxylation sites is 2. The van der Waals surface area contributed by atoms with Gasteiger partial charge in [-0.25, -0.2) is 4.68 Å². The Balaban J connectivity index is 1.73. The van der Waals surface area contributed by atoms with E-state index in [0.717, 1.165) is 28.3 Å². The van der Waals surface area contributed by atoms with Gasteiger partial charge in [-0.15, -0.1) is 5.10 Å². The number of aromatic nitrogens is 5. The fourth-order valence-corrected chi connectivity index (χ4v) is 2.92. The van der Waals surface area contributed by atoms with Crippen LogP contribution in [-0.4, -0.2) is 31.7 Å². The first kappa shape index (κ1) is 17.0.